The van der Waals surface area contributed by atoms with Gasteiger partial charge in [0.2, 0.25) is 0 Å². The largest absolute Gasteiger partial charge is 0.376 e. The van der Waals surface area contributed by atoms with Gasteiger partial charge < -0.3 is 10.1 Å². The molecule has 0 radical (unpaired) electrons. The van der Waals surface area contributed by atoms with Gasteiger partial charge in [-0.05, 0) is 51.3 Å². The van der Waals surface area contributed by atoms with E-state index in [-0.39, 0.29) is 23.6 Å². The van der Waals surface area contributed by atoms with Crippen LogP contribution in [-0.2, 0) is 9.53 Å². The monoisotopic (exact) mass is 444 g/mol. The lowest BCUT2D eigenvalue weighted by molar-refractivity contribution is -0.123. The van der Waals surface area contributed by atoms with Gasteiger partial charge in [-0.25, -0.2) is 4.98 Å². The second kappa shape index (κ2) is 8.49. The van der Waals surface area contributed by atoms with Gasteiger partial charge in [-0.1, -0.05) is 30.0 Å². The molecule has 0 unspecified atom stereocenters. The molecule has 0 spiro atoms. The molecule has 2 fully saturated rings. The molecular weight excluding hydrogens is 420 g/mol. The van der Waals surface area contributed by atoms with Gasteiger partial charge in [0.25, 0.3) is 11.5 Å². The van der Waals surface area contributed by atoms with Gasteiger partial charge in [0, 0.05) is 25.4 Å². The van der Waals surface area contributed by atoms with Gasteiger partial charge in [0.05, 0.1) is 16.6 Å². The predicted molar refractivity (Wildman–Crippen MR) is 124 cm³/mol. The number of carbonyl (C=O) groups excluding carboxylic acids is 1. The summed E-state index contributed by atoms with van der Waals surface area (Å²) in [6.07, 6.45) is 5.40. The SMILES string of the molecule is Cc1cccn2c(=O)c(/C=C3\SC(=S)N(C(C)C)C3=O)c(NC[C@H]3CCCO3)nc12. The molecule has 1 N–H and O–H groups in total. The van der Waals surface area contributed by atoms with E-state index in [4.69, 9.17) is 21.9 Å². The topological polar surface area (TPSA) is 75.9 Å². The van der Waals surface area contributed by atoms with Crippen molar-refractivity contribution < 1.29 is 9.53 Å². The summed E-state index contributed by atoms with van der Waals surface area (Å²) in [5.41, 5.74) is 1.60. The zero-order valence-electron chi connectivity index (χ0n) is 17.2. The van der Waals surface area contributed by atoms with Crippen molar-refractivity contribution in [1.82, 2.24) is 14.3 Å². The summed E-state index contributed by atoms with van der Waals surface area (Å²) in [6, 6.07) is 3.69. The van der Waals surface area contributed by atoms with Crippen LogP contribution in [0.1, 0.15) is 37.8 Å². The number of aromatic nitrogens is 2. The Morgan fingerprint density at radius 1 is 1.43 bits per heavy atom. The molecule has 7 nitrogen and oxygen atoms in total. The van der Waals surface area contributed by atoms with Crippen molar-refractivity contribution in [2.75, 3.05) is 18.5 Å². The van der Waals surface area contributed by atoms with Crippen LogP contribution in [0.2, 0.25) is 0 Å². The molecule has 0 aromatic carbocycles. The standard InChI is InChI=1S/C21H24N4O3S2/c1-12(2)25-20(27)16(30-21(25)29)10-15-17(22-11-14-7-5-9-28-14)23-18-13(3)6-4-8-24(18)19(15)26/h4,6,8,10,12,14,22H,5,7,9,11H2,1-3H3/b16-10-/t14-/m1/s1. The molecule has 0 aliphatic carbocycles. The average Bonchev–Trinajstić information content (AvgIpc) is 3.31. The van der Waals surface area contributed by atoms with Crippen molar-refractivity contribution in [2.45, 2.75) is 45.8 Å². The number of carbonyl (C=O) groups is 1. The fourth-order valence-corrected chi connectivity index (χ4v) is 5.15. The molecule has 2 saturated heterocycles. The zero-order chi connectivity index (χ0) is 21.4. The van der Waals surface area contributed by atoms with Crippen LogP contribution in [-0.4, -0.2) is 49.8 Å². The third kappa shape index (κ3) is 3.89. The predicted octanol–water partition coefficient (Wildman–Crippen LogP) is 3.20. The maximum absolute atomic E-state index is 13.3. The van der Waals surface area contributed by atoms with Gasteiger partial charge in [-0.2, -0.15) is 0 Å². The van der Waals surface area contributed by atoms with Crippen LogP contribution >= 0.6 is 24.0 Å². The van der Waals surface area contributed by atoms with Crippen LogP contribution in [0.25, 0.3) is 11.7 Å². The number of ether oxygens (including phenoxy) is 1. The lowest BCUT2D eigenvalue weighted by Gasteiger charge is -2.18. The van der Waals surface area contributed by atoms with Crippen LogP contribution in [0.3, 0.4) is 0 Å². The van der Waals surface area contributed by atoms with Crippen molar-refractivity contribution in [1.29, 1.82) is 0 Å². The number of rotatable bonds is 5. The van der Waals surface area contributed by atoms with E-state index in [1.165, 1.54) is 16.2 Å². The third-order valence-corrected chi connectivity index (χ3v) is 6.55. The molecule has 9 heteroatoms. The van der Waals surface area contributed by atoms with Gasteiger partial charge in [-0.3, -0.25) is 18.9 Å². The van der Waals surface area contributed by atoms with Crippen LogP contribution in [0.5, 0.6) is 0 Å². The number of hydrogen-bond acceptors (Lipinski definition) is 7. The summed E-state index contributed by atoms with van der Waals surface area (Å²) in [4.78, 5) is 32.9. The van der Waals surface area contributed by atoms with Crippen LogP contribution < -0.4 is 10.9 Å². The minimum absolute atomic E-state index is 0.0426. The van der Waals surface area contributed by atoms with Crippen LogP contribution in [0.4, 0.5) is 5.82 Å². The van der Waals surface area contributed by atoms with E-state index in [2.05, 4.69) is 5.32 Å². The van der Waals surface area contributed by atoms with E-state index in [0.717, 1.165) is 25.0 Å². The molecule has 4 heterocycles. The first-order valence-corrected chi connectivity index (χ1v) is 11.2. The van der Waals surface area contributed by atoms with E-state index < -0.39 is 0 Å². The van der Waals surface area contributed by atoms with Gasteiger partial charge in [0.15, 0.2) is 0 Å². The van der Waals surface area contributed by atoms with Gasteiger partial charge >= 0.3 is 0 Å². The van der Waals surface area contributed by atoms with Crippen molar-refractivity contribution in [3.8, 4) is 0 Å². The highest BCUT2D eigenvalue weighted by Gasteiger charge is 2.34. The van der Waals surface area contributed by atoms with Crippen molar-refractivity contribution >= 4 is 51.7 Å². The molecular formula is C21H24N4O3S2. The number of nitrogens with one attached hydrogen (secondary N) is 1. The number of hydrogen-bond donors (Lipinski definition) is 1. The summed E-state index contributed by atoms with van der Waals surface area (Å²) >= 11 is 6.58. The average molecular weight is 445 g/mol. The quantitative estimate of drug-likeness (QED) is 0.561. The number of thiocarbonyl (C=S) groups is 1. The first-order valence-electron chi connectivity index (χ1n) is 10.0. The molecule has 2 aromatic heterocycles. The molecule has 2 aromatic rings. The summed E-state index contributed by atoms with van der Waals surface area (Å²) in [5.74, 6) is 0.276. The summed E-state index contributed by atoms with van der Waals surface area (Å²) < 4.78 is 7.71. The number of aryl methyl sites for hydroxylation is 1. The number of thioether (sulfide) groups is 1. The molecule has 4 rings (SSSR count). The van der Waals surface area contributed by atoms with Crippen molar-refractivity contribution in [3.63, 3.8) is 0 Å². The highest BCUT2D eigenvalue weighted by Crippen LogP contribution is 2.34. The highest BCUT2D eigenvalue weighted by molar-refractivity contribution is 8.26. The van der Waals surface area contributed by atoms with Crippen LogP contribution in [0, 0.1) is 6.92 Å². The van der Waals surface area contributed by atoms with E-state index in [1.807, 2.05) is 32.9 Å². The molecule has 0 bridgehead atoms. The van der Waals surface area contributed by atoms with Gasteiger partial charge in [-0.15, -0.1) is 0 Å². The maximum atomic E-state index is 13.3. The Balaban J connectivity index is 1.80. The van der Waals surface area contributed by atoms with Crippen LogP contribution in [0.15, 0.2) is 28.0 Å². The fraction of sp³-hybridized carbons (Fsp3) is 0.429. The number of amides is 1. The first kappa shape index (κ1) is 21.0. The second-order valence-corrected chi connectivity index (χ2v) is 9.40. The summed E-state index contributed by atoms with van der Waals surface area (Å²) in [5, 5.41) is 3.29. The number of fused-ring (bicyclic) bond motifs is 1. The second-order valence-electron chi connectivity index (χ2n) is 7.73. The van der Waals surface area contributed by atoms with E-state index in [0.29, 0.717) is 32.8 Å². The smallest absolute Gasteiger partial charge is 0.267 e. The number of nitrogens with zero attached hydrogens (tertiary/aromatic N) is 3. The Hall–Kier alpha value is -2.23. The molecule has 2 aliphatic rings. The molecule has 2 aliphatic heterocycles. The lowest BCUT2D eigenvalue weighted by Crippen LogP contribution is -2.34. The lowest BCUT2D eigenvalue weighted by atomic mass is 10.2. The van der Waals surface area contributed by atoms with E-state index in [1.54, 1.807) is 17.2 Å². The van der Waals surface area contributed by atoms with Crippen molar-refractivity contribution in [3.05, 3.63) is 44.7 Å². The van der Waals surface area contributed by atoms with Crippen molar-refractivity contribution in [2.24, 2.45) is 0 Å². The Morgan fingerprint density at radius 2 is 2.23 bits per heavy atom. The first-order chi connectivity index (χ1) is 14.4. The minimum atomic E-state index is -0.228. The maximum Gasteiger partial charge on any atom is 0.267 e. The Kier molecular flexibility index (Phi) is 5.95. The molecule has 0 saturated carbocycles. The Labute approximate surface area is 184 Å². The number of anilines is 1. The number of pyridine rings is 1. The Morgan fingerprint density at radius 3 is 2.90 bits per heavy atom. The molecule has 1 atom stereocenters. The molecule has 30 heavy (non-hydrogen) atoms. The van der Waals surface area contributed by atoms with E-state index in [9.17, 15) is 9.59 Å². The summed E-state index contributed by atoms with van der Waals surface area (Å²) in [7, 11) is 0. The normalized spacial score (nSPS) is 20.9. The zero-order valence-corrected chi connectivity index (χ0v) is 18.8. The minimum Gasteiger partial charge on any atom is -0.376 e. The third-order valence-electron chi connectivity index (χ3n) is 5.22. The van der Waals surface area contributed by atoms with E-state index >= 15 is 0 Å². The summed E-state index contributed by atoms with van der Waals surface area (Å²) in [6.45, 7) is 7.06. The molecule has 1 amide bonds. The van der Waals surface area contributed by atoms with Gasteiger partial charge in [0.1, 0.15) is 15.8 Å². The Bertz CT molecular complexity index is 1100. The highest BCUT2D eigenvalue weighted by atomic mass is 32.2. The fourth-order valence-electron chi connectivity index (χ4n) is 3.65. The molecule has 158 valence electrons.